The number of nitrogens with two attached hydrogens (primary N) is 1. The molecule has 1 aliphatic rings. The van der Waals surface area contributed by atoms with E-state index in [4.69, 9.17) is 10.3 Å². The molecule has 2 aromatic rings. The molecule has 0 atom stereocenters. The van der Waals surface area contributed by atoms with E-state index in [1.807, 2.05) is 0 Å². The molecule has 0 aromatic carbocycles. The van der Waals surface area contributed by atoms with Crippen LogP contribution < -0.4 is 5.73 Å². The fourth-order valence-electron chi connectivity index (χ4n) is 1.98. The van der Waals surface area contributed by atoms with Crippen LogP contribution in [0.25, 0.3) is 11.5 Å². The minimum absolute atomic E-state index is 0.498. The van der Waals surface area contributed by atoms with E-state index in [0.29, 0.717) is 11.8 Å². The zero-order valence-corrected chi connectivity index (χ0v) is 10.6. The number of aromatic nitrogens is 2. The first kappa shape index (κ1) is 10.8. The Morgan fingerprint density at radius 3 is 2.94 bits per heavy atom. The summed E-state index contributed by atoms with van der Waals surface area (Å²) in [6.07, 6.45) is 4.62. The van der Waals surface area contributed by atoms with Crippen molar-refractivity contribution in [1.82, 2.24) is 10.1 Å². The van der Waals surface area contributed by atoms with Gasteiger partial charge in [0.25, 0.3) is 5.89 Å². The van der Waals surface area contributed by atoms with Gasteiger partial charge in [0, 0.05) is 10.8 Å². The van der Waals surface area contributed by atoms with Crippen LogP contribution in [-0.4, -0.2) is 10.1 Å². The van der Waals surface area contributed by atoms with Crippen molar-refractivity contribution < 1.29 is 4.52 Å². The predicted octanol–water partition coefficient (Wildman–Crippen LogP) is 3.21. The van der Waals surface area contributed by atoms with Gasteiger partial charge in [-0.3, -0.25) is 0 Å². The van der Waals surface area contributed by atoms with Crippen LogP contribution in [0.15, 0.2) is 10.6 Å². The summed E-state index contributed by atoms with van der Waals surface area (Å²) in [4.78, 5) is 5.71. The molecule has 1 aliphatic carbocycles. The molecular formula is C12H15N3OS. The van der Waals surface area contributed by atoms with E-state index in [-0.39, 0.29) is 0 Å². The second-order valence-electron chi connectivity index (χ2n) is 4.43. The molecule has 0 amide bonds. The van der Waals surface area contributed by atoms with Gasteiger partial charge in [0.15, 0.2) is 5.82 Å². The van der Waals surface area contributed by atoms with Crippen LogP contribution in [0, 0.1) is 0 Å². The molecule has 4 nitrogen and oxygen atoms in total. The minimum atomic E-state index is 0.498. The third kappa shape index (κ3) is 1.84. The number of rotatable bonds is 3. The number of aryl methyl sites for hydroxylation is 1. The summed E-state index contributed by atoms with van der Waals surface area (Å²) in [7, 11) is 0. The van der Waals surface area contributed by atoms with Crippen molar-refractivity contribution in [2.45, 2.75) is 38.5 Å². The van der Waals surface area contributed by atoms with Gasteiger partial charge in [-0.1, -0.05) is 18.5 Å². The zero-order chi connectivity index (χ0) is 11.8. The highest BCUT2D eigenvalue weighted by atomic mass is 32.1. The van der Waals surface area contributed by atoms with E-state index in [1.165, 1.54) is 24.1 Å². The van der Waals surface area contributed by atoms with Gasteiger partial charge in [0.2, 0.25) is 0 Å². The van der Waals surface area contributed by atoms with Gasteiger partial charge < -0.3 is 10.3 Å². The van der Waals surface area contributed by atoms with Gasteiger partial charge in [-0.25, -0.2) is 0 Å². The first-order chi connectivity index (χ1) is 8.28. The molecule has 2 heterocycles. The van der Waals surface area contributed by atoms with Gasteiger partial charge in [-0.2, -0.15) is 4.98 Å². The largest absolute Gasteiger partial charge is 0.390 e. The molecule has 0 aliphatic heterocycles. The van der Waals surface area contributed by atoms with Crippen LogP contribution in [0.2, 0.25) is 0 Å². The van der Waals surface area contributed by atoms with Crippen molar-refractivity contribution in [3.63, 3.8) is 0 Å². The average Bonchev–Trinajstić information content (AvgIpc) is 2.82. The molecule has 0 radical (unpaired) electrons. The Balaban J connectivity index is 1.91. The first-order valence-electron chi connectivity index (χ1n) is 6.00. The summed E-state index contributed by atoms with van der Waals surface area (Å²) < 4.78 is 5.31. The molecule has 2 aromatic heterocycles. The molecule has 5 heteroatoms. The molecule has 0 unspecified atom stereocenters. The lowest BCUT2D eigenvalue weighted by Crippen LogP contribution is -2.10. The number of anilines is 1. The number of hydrogen-bond acceptors (Lipinski definition) is 5. The topological polar surface area (TPSA) is 64.9 Å². The summed E-state index contributed by atoms with van der Waals surface area (Å²) in [5.41, 5.74) is 6.87. The van der Waals surface area contributed by atoms with Crippen molar-refractivity contribution in [2.24, 2.45) is 0 Å². The summed E-state index contributed by atoms with van der Waals surface area (Å²) >= 11 is 1.60. The van der Waals surface area contributed by atoms with E-state index in [9.17, 15) is 0 Å². The maximum Gasteiger partial charge on any atom is 0.260 e. The van der Waals surface area contributed by atoms with Crippen LogP contribution in [0.1, 0.15) is 42.8 Å². The normalized spacial score (nSPS) is 16.1. The van der Waals surface area contributed by atoms with Crippen molar-refractivity contribution in [3.05, 3.63) is 16.8 Å². The van der Waals surface area contributed by atoms with Crippen LogP contribution >= 0.6 is 11.3 Å². The highest BCUT2D eigenvalue weighted by Gasteiger charge is 2.25. The van der Waals surface area contributed by atoms with Gasteiger partial charge in [0.05, 0.1) is 10.6 Å². The fraction of sp³-hybridized carbons (Fsp3) is 0.500. The lowest BCUT2D eigenvalue weighted by Gasteiger charge is -2.20. The predicted molar refractivity (Wildman–Crippen MR) is 68.0 cm³/mol. The van der Waals surface area contributed by atoms with E-state index >= 15 is 0 Å². The Kier molecular flexibility index (Phi) is 2.63. The van der Waals surface area contributed by atoms with Crippen LogP contribution in [0.3, 0.4) is 0 Å². The van der Waals surface area contributed by atoms with Crippen LogP contribution in [0.5, 0.6) is 0 Å². The number of nitrogen functional groups attached to an aromatic ring is 1. The Bertz CT molecular complexity index is 528. The SMILES string of the molecule is CCc1cc(-c2nc(C3CCC3)no2)c(N)s1. The van der Waals surface area contributed by atoms with Gasteiger partial charge in [-0.15, -0.1) is 11.3 Å². The maximum absolute atomic E-state index is 5.97. The standard InChI is InChI=1S/C12H15N3OS/c1-2-8-6-9(10(13)17-8)12-14-11(15-16-12)7-4-3-5-7/h6-7H,2-5,13H2,1H3. The highest BCUT2D eigenvalue weighted by molar-refractivity contribution is 7.16. The molecule has 17 heavy (non-hydrogen) atoms. The maximum atomic E-state index is 5.97. The molecule has 90 valence electrons. The number of nitrogens with zero attached hydrogens (tertiary/aromatic N) is 2. The molecule has 0 bridgehead atoms. The Morgan fingerprint density at radius 2 is 2.35 bits per heavy atom. The fourth-order valence-corrected chi connectivity index (χ4v) is 2.84. The summed E-state index contributed by atoms with van der Waals surface area (Å²) in [5, 5.41) is 4.82. The van der Waals surface area contributed by atoms with Crippen LogP contribution in [0.4, 0.5) is 5.00 Å². The number of hydrogen-bond donors (Lipinski definition) is 1. The minimum Gasteiger partial charge on any atom is -0.390 e. The molecule has 3 rings (SSSR count). The van der Waals surface area contributed by atoms with Gasteiger partial charge >= 0.3 is 0 Å². The summed E-state index contributed by atoms with van der Waals surface area (Å²) in [5.74, 6) is 1.91. The molecular weight excluding hydrogens is 234 g/mol. The van der Waals surface area contributed by atoms with Crippen molar-refractivity contribution in [2.75, 3.05) is 5.73 Å². The van der Waals surface area contributed by atoms with E-state index in [2.05, 4.69) is 23.1 Å². The van der Waals surface area contributed by atoms with Crippen molar-refractivity contribution >= 4 is 16.3 Å². The smallest absolute Gasteiger partial charge is 0.260 e. The van der Waals surface area contributed by atoms with Crippen LogP contribution in [-0.2, 0) is 6.42 Å². The molecule has 0 saturated heterocycles. The van der Waals surface area contributed by atoms with Gasteiger partial charge in [-0.05, 0) is 25.3 Å². The molecule has 1 fully saturated rings. The quantitative estimate of drug-likeness (QED) is 0.907. The lowest BCUT2D eigenvalue weighted by molar-refractivity contribution is 0.366. The van der Waals surface area contributed by atoms with Gasteiger partial charge in [0.1, 0.15) is 0 Å². The second-order valence-corrected chi connectivity index (χ2v) is 5.60. The lowest BCUT2D eigenvalue weighted by atomic mass is 9.85. The molecule has 1 saturated carbocycles. The molecule has 2 N–H and O–H groups in total. The zero-order valence-electron chi connectivity index (χ0n) is 9.77. The average molecular weight is 249 g/mol. The summed E-state index contributed by atoms with van der Waals surface area (Å²) in [6, 6.07) is 2.05. The highest BCUT2D eigenvalue weighted by Crippen LogP contribution is 2.37. The van der Waals surface area contributed by atoms with Crippen molar-refractivity contribution in [1.29, 1.82) is 0 Å². The summed E-state index contributed by atoms with van der Waals surface area (Å²) in [6.45, 7) is 2.11. The second kappa shape index (κ2) is 4.14. The van der Waals surface area contributed by atoms with E-state index < -0.39 is 0 Å². The van der Waals surface area contributed by atoms with E-state index in [0.717, 1.165) is 22.8 Å². The number of thiophene rings is 1. The van der Waals surface area contributed by atoms with E-state index in [1.54, 1.807) is 11.3 Å². The third-order valence-electron chi connectivity index (χ3n) is 3.30. The Hall–Kier alpha value is -1.36. The Morgan fingerprint density at radius 1 is 1.53 bits per heavy atom. The van der Waals surface area contributed by atoms with Crippen molar-refractivity contribution in [3.8, 4) is 11.5 Å². The third-order valence-corrected chi connectivity index (χ3v) is 4.41. The first-order valence-corrected chi connectivity index (χ1v) is 6.81. The molecule has 0 spiro atoms. The monoisotopic (exact) mass is 249 g/mol. The Labute approximate surface area is 104 Å².